The zero-order chi connectivity index (χ0) is 19.1. The van der Waals surface area contributed by atoms with Crippen LogP contribution in [0.1, 0.15) is 42.2 Å². The molecule has 1 amide bonds. The Kier molecular flexibility index (Phi) is 7.21. The summed E-state index contributed by atoms with van der Waals surface area (Å²) in [4.78, 5) is 23.7. The molecule has 2 aromatic rings. The number of halogens is 1. The van der Waals surface area contributed by atoms with Crippen molar-refractivity contribution in [2.45, 2.75) is 26.3 Å². The van der Waals surface area contributed by atoms with Crippen LogP contribution in [0.2, 0.25) is 0 Å². The van der Waals surface area contributed by atoms with E-state index < -0.39 is 0 Å². The first-order valence-electron chi connectivity index (χ1n) is 8.31. The van der Waals surface area contributed by atoms with Crippen molar-refractivity contribution in [2.75, 3.05) is 13.7 Å². The number of methoxy groups -OCH3 is 1. The summed E-state index contributed by atoms with van der Waals surface area (Å²) in [5, 5.41) is 2.97. The highest BCUT2D eigenvalue weighted by Gasteiger charge is 2.14. The quantitative estimate of drug-likeness (QED) is 0.647. The molecule has 0 saturated heterocycles. The van der Waals surface area contributed by atoms with Gasteiger partial charge in [0.15, 0.2) is 23.9 Å². The molecular weight excluding hydrogens is 398 g/mol. The number of nitrogens with one attached hydrogen (secondary N) is 1. The summed E-state index contributed by atoms with van der Waals surface area (Å²) in [6, 6.07) is 12.6. The van der Waals surface area contributed by atoms with Crippen LogP contribution in [0, 0.1) is 0 Å². The SMILES string of the molecule is CCC(NC(=O)COc1ccc(C(C)=O)cc1OC)c1ccc(Br)cc1. The molecule has 0 aromatic heterocycles. The van der Waals surface area contributed by atoms with Gasteiger partial charge in [-0.15, -0.1) is 0 Å². The summed E-state index contributed by atoms with van der Waals surface area (Å²) in [5.74, 6) is 0.556. The van der Waals surface area contributed by atoms with E-state index in [1.165, 1.54) is 14.0 Å². The van der Waals surface area contributed by atoms with Crippen molar-refractivity contribution in [3.63, 3.8) is 0 Å². The lowest BCUT2D eigenvalue weighted by Crippen LogP contribution is -2.32. The topological polar surface area (TPSA) is 64.6 Å². The lowest BCUT2D eigenvalue weighted by Gasteiger charge is -2.18. The zero-order valence-electron chi connectivity index (χ0n) is 15.0. The second kappa shape index (κ2) is 9.38. The van der Waals surface area contributed by atoms with Gasteiger partial charge in [-0.3, -0.25) is 9.59 Å². The third-order valence-corrected chi connectivity index (χ3v) is 4.47. The van der Waals surface area contributed by atoms with Crippen molar-refractivity contribution in [1.82, 2.24) is 5.32 Å². The summed E-state index contributed by atoms with van der Waals surface area (Å²) >= 11 is 3.41. The Labute approximate surface area is 161 Å². The highest BCUT2D eigenvalue weighted by molar-refractivity contribution is 9.10. The van der Waals surface area contributed by atoms with Gasteiger partial charge in [-0.2, -0.15) is 0 Å². The Morgan fingerprint density at radius 1 is 1.12 bits per heavy atom. The smallest absolute Gasteiger partial charge is 0.258 e. The van der Waals surface area contributed by atoms with Crippen LogP contribution in [0.5, 0.6) is 11.5 Å². The number of Topliss-reactive ketones (excluding diaryl/α,β-unsaturated/α-hetero) is 1. The standard InChI is InChI=1S/C20H22BrNO4/c1-4-17(14-5-8-16(21)9-6-14)22-20(24)12-26-18-10-7-15(13(2)23)11-19(18)25-3/h5-11,17H,4,12H2,1-3H3,(H,22,24). The molecule has 0 aliphatic rings. The minimum absolute atomic E-state index is 0.0621. The average molecular weight is 420 g/mol. The van der Waals surface area contributed by atoms with E-state index in [4.69, 9.17) is 9.47 Å². The van der Waals surface area contributed by atoms with Gasteiger partial charge in [-0.05, 0) is 49.2 Å². The predicted molar refractivity (Wildman–Crippen MR) is 104 cm³/mol. The average Bonchev–Trinajstić information content (AvgIpc) is 2.65. The number of ketones is 1. The number of carbonyl (C=O) groups excluding carboxylic acids is 2. The minimum Gasteiger partial charge on any atom is -0.493 e. The second-order valence-corrected chi connectivity index (χ2v) is 6.71. The molecule has 0 fully saturated rings. The summed E-state index contributed by atoms with van der Waals surface area (Å²) in [5.41, 5.74) is 1.56. The van der Waals surface area contributed by atoms with Gasteiger partial charge in [-0.25, -0.2) is 0 Å². The molecule has 0 radical (unpaired) electrons. The van der Waals surface area contributed by atoms with Crippen LogP contribution in [0.4, 0.5) is 0 Å². The predicted octanol–water partition coefficient (Wildman–Crippen LogP) is 4.31. The first kappa shape index (κ1) is 20.0. The first-order chi connectivity index (χ1) is 12.4. The lowest BCUT2D eigenvalue weighted by atomic mass is 10.0. The maximum atomic E-state index is 12.3. The fourth-order valence-electron chi connectivity index (χ4n) is 2.50. The summed E-state index contributed by atoms with van der Waals surface area (Å²) in [7, 11) is 1.49. The Bertz CT molecular complexity index is 774. The van der Waals surface area contributed by atoms with Crippen LogP contribution < -0.4 is 14.8 Å². The molecule has 26 heavy (non-hydrogen) atoms. The summed E-state index contributed by atoms with van der Waals surface area (Å²) in [6.45, 7) is 3.36. The van der Waals surface area contributed by atoms with Crippen molar-refractivity contribution >= 4 is 27.6 Å². The van der Waals surface area contributed by atoms with Gasteiger partial charge in [0.1, 0.15) is 0 Å². The minimum atomic E-state index is -0.225. The Balaban J connectivity index is 1.99. The number of benzene rings is 2. The number of amides is 1. The molecule has 2 aromatic carbocycles. The largest absolute Gasteiger partial charge is 0.493 e. The summed E-state index contributed by atoms with van der Waals surface area (Å²) in [6.07, 6.45) is 0.768. The van der Waals surface area contributed by atoms with Gasteiger partial charge in [0, 0.05) is 10.0 Å². The summed E-state index contributed by atoms with van der Waals surface area (Å²) < 4.78 is 11.8. The van der Waals surface area contributed by atoms with Crippen molar-refractivity contribution in [2.24, 2.45) is 0 Å². The zero-order valence-corrected chi connectivity index (χ0v) is 16.6. The molecule has 0 aliphatic heterocycles. The number of ether oxygens (including phenoxy) is 2. The highest BCUT2D eigenvalue weighted by atomic mass is 79.9. The van der Waals surface area contributed by atoms with E-state index in [1.54, 1.807) is 18.2 Å². The molecule has 1 atom stereocenters. The molecule has 0 aliphatic carbocycles. The van der Waals surface area contributed by atoms with Crippen molar-refractivity contribution in [3.05, 3.63) is 58.1 Å². The fourth-order valence-corrected chi connectivity index (χ4v) is 2.77. The number of hydrogen-bond acceptors (Lipinski definition) is 4. The molecule has 6 heteroatoms. The third kappa shape index (κ3) is 5.33. The molecule has 0 saturated carbocycles. The number of rotatable bonds is 8. The molecule has 0 bridgehead atoms. The van der Waals surface area contributed by atoms with Gasteiger partial charge in [-0.1, -0.05) is 35.0 Å². The van der Waals surface area contributed by atoms with Crippen LogP contribution >= 0.6 is 15.9 Å². The van der Waals surface area contributed by atoms with Crippen molar-refractivity contribution in [3.8, 4) is 11.5 Å². The van der Waals surface area contributed by atoms with E-state index in [2.05, 4.69) is 21.2 Å². The van der Waals surface area contributed by atoms with E-state index in [0.29, 0.717) is 17.1 Å². The van der Waals surface area contributed by atoms with E-state index in [1.807, 2.05) is 31.2 Å². The second-order valence-electron chi connectivity index (χ2n) is 5.79. The van der Waals surface area contributed by atoms with Gasteiger partial charge in [0.2, 0.25) is 0 Å². The first-order valence-corrected chi connectivity index (χ1v) is 9.10. The molecule has 2 rings (SSSR count). The van der Waals surface area contributed by atoms with Gasteiger partial charge < -0.3 is 14.8 Å². The molecule has 5 nitrogen and oxygen atoms in total. The van der Waals surface area contributed by atoms with E-state index in [9.17, 15) is 9.59 Å². The lowest BCUT2D eigenvalue weighted by molar-refractivity contribution is -0.123. The van der Waals surface area contributed by atoms with Crippen LogP contribution in [-0.4, -0.2) is 25.4 Å². The van der Waals surface area contributed by atoms with Crippen molar-refractivity contribution in [1.29, 1.82) is 0 Å². The van der Waals surface area contributed by atoms with Gasteiger partial charge >= 0.3 is 0 Å². The molecule has 1 unspecified atom stereocenters. The molecule has 0 heterocycles. The van der Waals surface area contributed by atoms with E-state index >= 15 is 0 Å². The van der Waals surface area contributed by atoms with Gasteiger partial charge in [0.25, 0.3) is 5.91 Å². The molecule has 138 valence electrons. The van der Waals surface area contributed by atoms with E-state index in [-0.39, 0.29) is 24.3 Å². The van der Waals surface area contributed by atoms with E-state index in [0.717, 1.165) is 16.5 Å². The van der Waals surface area contributed by atoms with Crippen molar-refractivity contribution < 1.29 is 19.1 Å². The maximum Gasteiger partial charge on any atom is 0.258 e. The van der Waals surface area contributed by atoms with Crippen LogP contribution in [0.3, 0.4) is 0 Å². The molecule has 1 N–H and O–H groups in total. The molecule has 0 spiro atoms. The normalized spacial score (nSPS) is 11.5. The van der Waals surface area contributed by atoms with Crippen LogP contribution in [-0.2, 0) is 4.79 Å². The monoisotopic (exact) mass is 419 g/mol. The highest BCUT2D eigenvalue weighted by Crippen LogP contribution is 2.28. The van der Waals surface area contributed by atoms with Gasteiger partial charge in [0.05, 0.1) is 13.2 Å². The molecular formula is C20H22BrNO4. The van der Waals surface area contributed by atoms with Crippen LogP contribution in [0.15, 0.2) is 46.9 Å². The fraction of sp³-hybridized carbons (Fsp3) is 0.300. The Morgan fingerprint density at radius 3 is 2.38 bits per heavy atom. The Hall–Kier alpha value is -2.34. The third-order valence-electron chi connectivity index (χ3n) is 3.94. The number of carbonyl (C=O) groups is 2. The number of hydrogen-bond donors (Lipinski definition) is 1. The Morgan fingerprint density at radius 2 is 1.81 bits per heavy atom. The van der Waals surface area contributed by atoms with Crippen LogP contribution in [0.25, 0.3) is 0 Å². The maximum absolute atomic E-state index is 12.3.